The smallest absolute Gasteiger partial charge is 0.408 e. The van der Waals surface area contributed by atoms with Crippen molar-refractivity contribution in [2.24, 2.45) is 0 Å². The van der Waals surface area contributed by atoms with Crippen LogP contribution in [0.2, 0.25) is 0 Å². The van der Waals surface area contributed by atoms with Gasteiger partial charge in [0.2, 0.25) is 5.91 Å². The van der Waals surface area contributed by atoms with E-state index < -0.39 is 17.7 Å². The van der Waals surface area contributed by atoms with Crippen LogP contribution >= 0.6 is 0 Å². The van der Waals surface area contributed by atoms with Gasteiger partial charge >= 0.3 is 6.09 Å². The van der Waals surface area contributed by atoms with E-state index in [1.54, 1.807) is 25.7 Å². The lowest BCUT2D eigenvalue weighted by Crippen LogP contribution is -2.54. The first kappa shape index (κ1) is 21.0. The van der Waals surface area contributed by atoms with Crippen LogP contribution in [0.5, 0.6) is 0 Å². The molecule has 0 saturated carbocycles. The van der Waals surface area contributed by atoms with Crippen molar-refractivity contribution >= 4 is 12.0 Å². The fraction of sp³-hybridized carbons (Fsp3) is 0.600. The molecular weight excluding hydrogens is 316 g/mol. The van der Waals surface area contributed by atoms with Gasteiger partial charge in [-0.1, -0.05) is 30.3 Å². The van der Waals surface area contributed by atoms with Gasteiger partial charge in [-0.15, -0.1) is 0 Å². The Kier molecular flexibility index (Phi) is 7.46. The van der Waals surface area contributed by atoms with Crippen LogP contribution in [0.25, 0.3) is 0 Å². The maximum atomic E-state index is 13.1. The molecule has 0 aliphatic carbocycles. The third-order valence-electron chi connectivity index (χ3n) is 3.64. The number of alkyl carbamates (subject to hydrolysis) is 1. The number of nitrogens with one attached hydrogen (secondary N) is 1. The second-order valence-corrected chi connectivity index (χ2v) is 7.82. The van der Waals surface area contributed by atoms with E-state index >= 15 is 0 Å². The van der Waals surface area contributed by atoms with Gasteiger partial charge in [-0.2, -0.15) is 0 Å². The molecule has 1 rings (SSSR count). The van der Waals surface area contributed by atoms with Crippen LogP contribution in [0.1, 0.15) is 54.0 Å². The van der Waals surface area contributed by atoms with Crippen LogP contribution in [0, 0.1) is 0 Å². The number of hydrogen-bond acceptors (Lipinski definition) is 3. The van der Waals surface area contributed by atoms with Crippen molar-refractivity contribution in [3.63, 3.8) is 0 Å². The van der Waals surface area contributed by atoms with E-state index in [4.69, 9.17) is 4.74 Å². The zero-order valence-corrected chi connectivity index (χ0v) is 16.5. The van der Waals surface area contributed by atoms with Gasteiger partial charge in [0.05, 0.1) is 0 Å². The molecule has 0 unspecified atom stereocenters. The lowest BCUT2D eigenvalue weighted by Gasteiger charge is -2.34. The molecule has 5 nitrogen and oxygen atoms in total. The van der Waals surface area contributed by atoms with Gasteiger partial charge in [0.1, 0.15) is 11.6 Å². The lowest BCUT2D eigenvalue weighted by molar-refractivity contribution is -0.137. The quantitative estimate of drug-likeness (QED) is 0.851. The Balaban J connectivity index is 3.01. The number of hydrogen-bond donors (Lipinski definition) is 1. The van der Waals surface area contributed by atoms with E-state index in [-0.39, 0.29) is 18.0 Å². The number of amides is 2. The highest BCUT2D eigenvalue weighted by Gasteiger charge is 2.30. The molecule has 0 spiro atoms. The summed E-state index contributed by atoms with van der Waals surface area (Å²) in [7, 11) is 0. The predicted molar refractivity (Wildman–Crippen MR) is 100 cm³/mol. The van der Waals surface area contributed by atoms with Gasteiger partial charge in [-0.25, -0.2) is 4.79 Å². The van der Waals surface area contributed by atoms with E-state index in [0.717, 1.165) is 5.56 Å². The molecule has 1 aromatic carbocycles. The minimum Gasteiger partial charge on any atom is -0.444 e. The SMILES string of the molecule is CC(C)N(C(=O)[C@H](Cc1ccccc1)NC(=O)OC(C)(C)C)C(C)C. The first-order chi connectivity index (χ1) is 11.5. The zero-order chi connectivity index (χ0) is 19.2. The molecule has 0 radical (unpaired) electrons. The Morgan fingerprint density at radius 2 is 1.56 bits per heavy atom. The van der Waals surface area contributed by atoms with Crippen LogP contribution in [0.15, 0.2) is 30.3 Å². The molecule has 2 amide bonds. The maximum absolute atomic E-state index is 13.1. The highest BCUT2D eigenvalue weighted by molar-refractivity contribution is 5.86. The van der Waals surface area contributed by atoms with Crippen LogP contribution in [0.3, 0.4) is 0 Å². The van der Waals surface area contributed by atoms with Crippen molar-refractivity contribution in [1.29, 1.82) is 0 Å². The molecular formula is C20H32N2O3. The van der Waals surface area contributed by atoms with Gasteiger partial charge in [0.25, 0.3) is 0 Å². The Hall–Kier alpha value is -2.04. The summed E-state index contributed by atoms with van der Waals surface area (Å²) in [4.78, 5) is 27.1. The van der Waals surface area contributed by atoms with E-state index in [9.17, 15) is 9.59 Å². The van der Waals surface area contributed by atoms with Crippen LogP contribution in [-0.4, -0.2) is 40.6 Å². The standard InChI is InChI=1S/C20H32N2O3/c1-14(2)22(15(3)4)18(23)17(13-16-11-9-8-10-12-16)21-19(24)25-20(5,6)7/h8-12,14-15,17H,13H2,1-7H3,(H,21,24)/t17-/m0/s1. The molecule has 25 heavy (non-hydrogen) atoms. The number of rotatable bonds is 6. The number of carbonyl (C=O) groups excluding carboxylic acids is 2. The zero-order valence-electron chi connectivity index (χ0n) is 16.5. The van der Waals surface area contributed by atoms with Gasteiger partial charge in [0, 0.05) is 18.5 Å². The average molecular weight is 348 g/mol. The maximum Gasteiger partial charge on any atom is 0.408 e. The van der Waals surface area contributed by atoms with Gasteiger partial charge in [0.15, 0.2) is 0 Å². The molecule has 5 heteroatoms. The molecule has 0 aliphatic heterocycles. The summed E-state index contributed by atoms with van der Waals surface area (Å²) in [6, 6.07) is 9.11. The second-order valence-electron chi connectivity index (χ2n) is 7.82. The second kappa shape index (κ2) is 8.88. The number of benzene rings is 1. The highest BCUT2D eigenvalue weighted by Crippen LogP contribution is 2.13. The first-order valence-corrected chi connectivity index (χ1v) is 8.87. The summed E-state index contributed by atoms with van der Waals surface area (Å²) in [5.74, 6) is -0.0975. The summed E-state index contributed by atoms with van der Waals surface area (Å²) in [6.45, 7) is 13.3. The van der Waals surface area contributed by atoms with E-state index in [0.29, 0.717) is 6.42 Å². The van der Waals surface area contributed by atoms with Crippen molar-refractivity contribution in [2.75, 3.05) is 0 Å². The molecule has 1 aromatic rings. The fourth-order valence-corrected chi connectivity index (χ4v) is 2.78. The van der Waals surface area contributed by atoms with Crippen molar-refractivity contribution in [1.82, 2.24) is 10.2 Å². The Labute approximate surface area is 151 Å². The molecule has 1 atom stereocenters. The third-order valence-corrected chi connectivity index (χ3v) is 3.64. The Morgan fingerprint density at radius 1 is 1.04 bits per heavy atom. The van der Waals surface area contributed by atoms with Crippen molar-refractivity contribution < 1.29 is 14.3 Å². The minimum absolute atomic E-state index is 0.0474. The highest BCUT2D eigenvalue weighted by atomic mass is 16.6. The van der Waals surface area contributed by atoms with E-state index in [1.165, 1.54) is 0 Å². The largest absolute Gasteiger partial charge is 0.444 e. The summed E-state index contributed by atoms with van der Waals surface area (Å²) in [5.41, 5.74) is 0.379. The van der Waals surface area contributed by atoms with Gasteiger partial charge < -0.3 is 15.0 Å². The third kappa shape index (κ3) is 7.16. The topological polar surface area (TPSA) is 58.6 Å². The number of ether oxygens (including phenoxy) is 1. The Bertz CT molecular complexity index is 554. The molecule has 0 aliphatic rings. The van der Waals surface area contributed by atoms with Crippen LogP contribution < -0.4 is 5.32 Å². The minimum atomic E-state index is -0.665. The molecule has 0 saturated heterocycles. The summed E-state index contributed by atoms with van der Waals surface area (Å²) in [5, 5.41) is 2.76. The monoisotopic (exact) mass is 348 g/mol. The summed E-state index contributed by atoms with van der Waals surface area (Å²) in [6.07, 6.45) is -0.149. The molecule has 140 valence electrons. The normalized spacial score (nSPS) is 12.8. The van der Waals surface area contributed by atoms with Gasteiger partial charge in [-0.05, 0) is 54.0 Å². The van der Waals surface area contributed by atoms with Crippen LogP contribution in [0.4, 0.5) is 4.79 Å². The van der Waals surface area contributed by atoms with Crippen molar-refractivity contribution in [3.8, 4) is 0 Å². The average Bonchev–Trinajstić information content (AvgIpc) is 2.44. The molecule has 0 bridgehead atoms. The van der Waals surface area contributed by atoms with Crippen LogP contribution in [-0.2, 0) is 16.0 Å². The van der Waals surface area contributed by atoms with E-state index in [2.05, 4.69) is 5.32 Å². The number of nitrogens with zero attached hydrogens (tertiary/aromatic N) is 1. The number of carbonyl (C=O) groups is 2. The summed E-state index contributed by atoms with van der Waals surface area (Å²) >= 11 is 0. The molecule has 1 N–H and O–H groups in total. The fourth-order valence-electron chi connectivity index (χ4n) is 2.78. The molecule has 0 heterocycles. The predicted octanol–water partition coefficient (Wildman–Crippen LogP) is 3.77. The molecule has 0 aromatic heterocycles. The molecule has 0 fully saturated rings. The van der Waals surface area contributed by atoms with Crippen molar-refractivity contribution in [3.05, 3.63) is 35.9 Å². The first-order valence-electron chi connectivity index (χ1n) is 8.87. The lowest BCUT2D eigenvalue weighted by atomic mass is 10.0. The van der Waals surface area contributed by atoms with Gasteiger partial charge in [-0.3, -0.25) is 4.79 Å². The summed E-state index contributed by atoms with van der Waals surface area (Å²) < 4.78 is 5.34. The Morgan fingerprint density at radius 3 is 2.00 bits per heavy atom. The van der Waals surface area contributed by atoms with Crippen molar-refractivity contribution in [2.45, 2.75) is 78.6 Å². The van der Waals surface area contributed by atoms with E-state index in [1.807, 2.05) is 58.0 Å².